The number of benzene rings is 1. The Balaban J connectivity index is 2.28. The molecule has 0 fully saturated rings. The van der Waals surface area contributed by atoms with E-state index in [4.69, 9.17) is 10.5 Å². The first kappa shape index (κ1) is 14.8. The lowest BCUT2D eigenvalue weighted by molar-refractivity contribution is 0.102. The zero-order valence-corrected chi connectivity index (χ0v) is 12.4. The van der Waals surface area contributed by atoms with Crippen LogP contribution in [0.5, 0.6) is 5.88 Å². The van der Waals surface area contributed by atoms with Crippen LogP contribution in [0.25, 0.3) is 0 Å². The number of ether oxygens (including phenoxy) is 1. The molecule has 0 saturated heterocycles. The summed E-state index contributed by atoms with van der Waals surface area (Å²) in [7, 11) is 0. The maximum absolute atomic E-state index is 12.4. The van der Waals surface area contributed by atoms with Crippen molar-refractivity contribution >= 4 is 17.3 Å². The van der Waals surface area contributed by atoms with Crippen molar-refractivity contribution in [2.24, 2.45) is 0 Å². The van der Waals surface area contributed by atoms with Gasteiger partial charge in [-0.05, 0) is 44.5 Å². The molecule has 1 aromatic heterocycles. The predicted molar refractivity (Wildman–Crippen MR) is 83.5 cm³/mol. The topological polar surface area (TPSA) is 77.2 Å². The third-order valence-electron chi connectivity index (χ3n) is 2.90. The van der Waals surface area contributed by atoms with E-state index in [1.807, 2.05) is 32.9 Å². The highest BCUT2D eigenvalue weighted by atomic mass is 16.5. The number of nitrogen functional groups attached to an aromatic ring is 1. The monoisotopic (exact) mass is 285 g/mol. The molecule has 0 radical (unpaired) electrons. The predicted octanol–water partition coefficient (Wildman–Crippen LogP) is 3.01. The fourth-order valence-corrected chi connectivity index (χ4v) is 1.99. The largest absolute Gasteiger partial charge is 0.473 e. The molecule has 0 atom stereocenters. The van der Waals surface area contributed by atoms with Gasteiger partial charge in [0.25, 0.3) is 5.91 Å². The molecule has 0 aliphatic carbocycles. The average molecular weight is 285 g/mol. The summed E-state index contributed by atoms with van der Waals surface area (Å²) in [6.07, 6.45) is 1.59. The maximum atomic E-state index is 12.4. The molecule has 2 rings (SSSR count). The maximum Gasteiger partial charge on any atom is 0.258 e. The van der Waals surface area contributed by atoms with Gasteiger partial charge in [-0.3, -0.25) is 4.79 Å². The van der Waals surface area contributed by atoms with Crippen LogP contribution in [0.4, 0.5) is 11.4 Å². The Labute approximate surface area is 124 Å². The molecule has 0 bridgehead atoms. The molecule has 1 amide bonds. The Morgan fingerprint density at radius 2 is 2.05 bits per heavy atom. The first-order valence-electron chi connectivity index (χ1n) is 6.77. The molecule has 5 heteroatoms. The molecule has 0 saturated carbocycles. The highest BCUT2D eigenvalue weighted by molar-refractivity contribution is 6.09. The Kier molecular flexibility index (Phi) is 4.42. The van der Waals surface area contributed by atoms with Gasteiger partial charge in [0.2, 0.25) is 5.88 Å². The number of carbonyl (C=O) groups excluding carboxylic acids is 1. The zero-order chi connectivity index (χ0) is 15.4. The Morgan fingerprint density at radius 3 is 2.71 bits per heavy atom. The Bertz CT molecular complexity index is 633. The molecular weight excluding hydrogens is 266 g/mol. The van der Waals surface area contributed by atoms with Crippen LogP contribution in [0.1, 0.15) is 29.8 Å². The number of nitrogens with one attached hydrogen (secondary N) is 1. The van der Waals surface area contributed by atoms with Crippen molar-refractivity contribution in [2.75, 3.05) is 11.1 Å². The van der Waals surface area contributed by atoms with Gasteiger partial charge in [-0.25, -0.2) is 4.98 Å². The molecular formula is C16H19N3O2. The molecule has 1 heterocycles. The first-order chi connectivity index (χ1) is 9.99. The van der Waals surface area contributed by atoms with E-state index < -0.39 is 0 Å². The van der Waals surface area contributed by atoms with Gasteiger partial charge in [0.05, 0.1) is 11.7 Å². The summed E-state index contributed by atoms with van der Waals surface area (Å²) in [6.45, 7) is 5.65. The number of aromatic nitrogens is 1. The zero-order valence-electron chi connectivity index (χ0n) is 12.4. The number of anilines is 2. The van der Waals surface area contributed by atoms with Crippen molar-refractivity contribution in [2.45, 2.75) is 26.9 Å². The Morgan fingerprint density at radius 1 is 1.29 bits per heavy atom. The quantitative estimate of drug-likeness (QED) is 0.846. The molecule has 110 valence electrons. The fourth-order valence-electron chi connectivity index (χ4n) is 1.99. The lowest BCUT2D eigenvalue weighted by Crippen LogP contribution is -2.17. The third kappa shape index (κ3) is 3.51. The van der Waals surface area contributed by atoms with Crippen molar-refractivity contribution in [3.8, 4) is 5.88 Å². The van der Waals surface area contributed by atoms with Crippen LogP contribution in [-0.4, -0.2) is 17.0 Å². The van der Waals surface area contributed by atoms with E-state index in [9.17, 15) is 4.79 Å². The SMILES string of the molecule is Cc1cccc(N)c1C(=O)Nc1cccnc1OC(C)C. The molecule has 0 spiro atoms. The van der Waals surface area contributed by atoms with E-state index in [1.54, 1.807) is 24.4 Å². The minimum Gasteiger partial charge on any atom is -0.473 e. The molecule has 21 heavy (non-hydrogen) atoms. The van der Waals surface area contributed by atoms with E-state index in [-0.39, 0.29) is 12.0 Å². The van der Waals surface area contributed by atoms with Gasteiger partial charge in [0.1, 0.15) is 5.69 Å². The van der Waals surface area contributed by atoms with Gasteiger partial charge in [-0.1, -0.05) is 12.1 Å². The van der Waals surface area contributed by atoms with Crippen LogP contribution in [0.3, 0.4) is 0 Å². The summed E-state index contributed by atoms with van der Waals surface area (Å²) in [5, 5.41) is 2.81. The second-order valence-electron chi connectivity index (χ2n) is 5.02. The molecule has 1 aromatic carbocycles. The van der Waals surface area contributed by atoms with E-state index in [0.717, 1.165) is 5.56 Å². The number of nitrogens with zero attached hydrogens (tertiary/aromatic N) is 1. The van der Waals surface area contributed by atoms with Crippen LogP contribution in [0, 0.1) is 6.92 Å². The van der Waals surface area contributed by atoms with E-state index in [0.29, 0.717) is 22.8 Å². The number of hydrogen-bond donors (Lipinski definition) is 2. The molecule has 0 aliphatic heterocycles. The van der Waals surface area contributed by atoms with Crippen LogP contribution in [0.15, 0.2) is 36.5 Å². The van der Waals surface area contributed by atoms with E-state index >= 15 is 0 Å². The van der Waals surface area contributed by atoms with Crippen LogP contribution in [0.2, 0.25) is 0 Å². The van der Waals surface area contributed by atoms with Gasteiger partial charge in [0, 0.05) is 11.9 Å². The summed E-state index contributed by atoms with van der Waals surface area (Å²) in [5.41, 5.74) is 8.15. The van der Waals surface area contributed by atoms with Gasteiger partial charge in [-0.15, -0.1) is 0 Å². The lowest BCUT2D eigenvalue weighted by atomic mass is 10.1. The summed E-state index contributed by atoms with van der Waals surface area (Å²) in [4.78, 5) is 16.6. The molecule has 0 aliphatic rings. The molecule has 3 N–H and O–H groups in total. The molecule has 2 aromatic rings. The van der Waals surface area contributed by atoms with Crippen molar-refractivity contribution in [1.82, 2.24) is 4.98 Å². The smallest absolute Gasteiger partial charge is 0.258 e. The number of nitrogens with two attached hydrogens (primary N) is 1. The number of hydrogen-bond acceptors (Lipinski definition) is 4. The fraction of sp³-hybridized carbons (Fsp3) is 0.250. The Hall–Kier alpha value is -2.56. The summed E-state index contributed by atoms with van der Waals surface area (Å²) < 4.78 is 5.59. The number of rotatable bonds is 4. The summed E-state index contributed by atoms with van der Waals surface area (Å²) in [5.74, 6) is 0.125. The van der Waals surface area contributed by atoms with Crippen molar-refractivity contribution in [3.05, 3.63) is 47.7 Å². The first-order valence-corrected chi connectivity index (χ1v) is 6.77. The normalized spacial score (nSPS) is 10.5. The number of carbonyl (C=O) groups is 1. The standard InChI is InChI=1S/C16H19N3O2/c1-10(2)21-16-13(8-5-9-18-16)19-15(20)14-11(3)6-4-7-12(14)17/h4-10H,17H2,1-3H3,(H,19,20). The number of amides is 1. The second-order valence-corrected chi connectivity index (χ2v) is 5.02. The summed E-state index contributed by atoms with van der Waals surface area (Å²) >= 11 is 0. The number of pyridine rings is 1. The van der Waals surface area contributed by atoms with Crippen LogP contribution < -0.4 is 15.8 Å². The van der Waals surface area contributed by atoms with Crippen molar-refractivity contribution < 1.29 is 9.53 Å². The lowest BCUT2D eigenvalue weighted by Gasteiger charge is -2.14. The minimum atomic E-state index is -0.271. The highest BCUT2D eigenvalue weighted by Crippen LogP contribution is 2.24. The number of aryl methyl sites for hydroxylation is 1. The van der Waals surface area contributed by atoms with Crippen LogP contribution in [-0.2, 0) is 0 Å². The van der Waals surface area contributed by atoms with E-state index in [1.165, 1.54) is 0 Å². The van der Waals surface area contributed by atoms with Crippen molar-refractivity contribution in [3.63, 3.8) is 0 Å². The molecule has 5 nitrogen and oxygen atoms in total. The molecule has 0 unspecified atom stereocenters. The van der Waals surface area contributed by atoms with Crippen LogP contribution >= 0.6 is 0 Å². The highest BCUT2D eigenvalue weighted by Gasteiger charge is 2.15. The van der Waals surface area contributed by atoms with Crippen molar-refractivity contribution in [1.29, 1.82) is 0 Å². The van der Waals surface area contributed by atoms with Gasteiger partial charge >= 0.3 is 0 Å². The second kappa shape index (κ2) is 6.26. The van der Waals surface area contributed by atoms with Gasteiger partial charge < -0.3 is 15.8 Å². The minimum absolute atomic E-state index is 0.0286. The van der Waals surface area contributed by atoms with Gasteiger partial charge in [-0.2, -0.15) is 0 Å². The average Bonchev–Trinajstić information content (AvgIpc) is 2.40. The third-order valence-corrected chi connectivity index (χ3v) is 2.90. The van der Waals surface area contributed by atoms with Gasteiger partial charge in [0.15, 0.2) is 0 Å². The summed E-state index contributed by atoms with van der Waals surface area (Å²) in [6, 6.07) is 8.86. The van der Waals surface area contributed by atoms with E-state index in [2.05, 4.69) is 10.3 Å².